The summed E-state index contributed by atoms with van der Waals surface area (Å²) in [6, 6.07) is 5.04. The van der Waals surface area contributed by atoms with Crippen molar-refractivity contribution in [3.63, 3.8) is 0 Å². The highest BCUT2D eigenvalue weighted by atomic mass is 19.4. The zero-order valence-corrected chi connectivity index (χ0v) is 8.48. The third-order valence-electron chi connectivity index (χ3n) is 2.24. The first-order valence-electron chi connectivity index (χ1n) is 4.69. The van der Waals surface area contributed by atoms with Gasteiger partial charge in [-0.25, -0.2) is 4.68 Å². The molecular formula is C11H7F3N2O. The minimum atomic E-state index is -4.56. The van der Waals surface area contributed by atoms with Crippen molar-refractivity contribution in [2.24, 2.45) is 0 Å². The van der Waals surface area contributed by atoms with Crippen molar-refractivity contribution in [2.75, 3.05) is 0 Å². The van der Waals surface area contributed by atoms with E-state index in [2.05, 4.69) is 5.10 Å². The number of nitrogens with zero attached hydrogens (tertiary/aromatic N) is 2. The average molecular weight is 240 g/mol. The largest absolute Gasteiger partial charge is 0.417 e. The Balaban J connectivity index is 2.57. The van der Waals surface area contributed by atoms with Gasteiger partial charge in [0.2, 0.25) is 0 Å². The smallest absolute Gasteiger partial charge is 0.298 e. The standard InChI is InChI=1S/C11H7F3N2O/c12-11(13,14)10-6-9(3-2-8(10)7-17)16-5-1-4-15-16/h1-7H. The monoisotopic (exact) mass is 240 g/mol. The summed E-state index contributed by atoms with van der Waals surface area (Å²) < 4.78 is 39.3. The molecule has 1 aromatic carbocycles. The van der Waals surface area contributed by atoms with Crippen molar-refractivity contribution in [3.05, 3.63) is 47.8 Å². The first-order chi connectivity index (χ1) is 8.02. The molecule has 0 amide bonds. The van der Waals surface area contributed by atoms with Gasteiger partial charge in [-0.2, -0.15) is 18.3 Å². The normalized spacial score (nSPS) is 11.5. The van der Waals surface area contributed by atoms with Crippen molar-refractivity contribution in [1.82, 2.24) is 9.78 Å². The molecule has 0 N–H and O–H groups in total. The van der Waals surface area contributed by atoms with E-state index in [9.17, 15) is 18.0 Å². The predicted molar refractivity (Wildman–Crippen MR) is 54.0 cm³/mol. The number of aromatic nitrogens is 2. The van der Waals surface area contributed by atoms with Crippen LogP contribution in [0.1, 0.15) is 15.9 Å². The number of rotatable bonds is 2. The molecule has 0 aliphatic carbocycles. The first-order valence-corrected chi connectivity index (χ1v) is 4.69. The summed E-state index contributed by atoms with van der Waals surface area (Å²) in [4.78, 5) is 10.5. The highest BCUT2D eigenvalue weighted by Gasteiger charge is 2.33. The Morgan fingerprint density at radius 3 is 2.59 bits per heavy atom. The van der Waals surface area contributed by atoms with Gasteiger partial charge in [-0.3, -0.25) is 4.79 Å². The van der Waals surface area contributed by atoms with Gasteiger partial charge in [0.05, 0.1) is 11.3 Å². The average Bonchev–Trinajstić information content (AvgIpc) is 2.80. The molecule has 0 spiro atoms. The fourth-order valence-electron chi connectivity index (χ4n) is 1.46. The quantitative estimate of drug-likeness (QED) is 0.756. The number of hydrogen-bond donors (Lipinski definition) is 0. The molecule has 88 valence electrons. The molecule has 0 aliphatic heterocycles. The lowest BCUT2D eigenvalue weighted by Gasteiger charge is -2.11. The van der Waals surface area contributed by atoms with E-state index < -0.39 is 11.7 Å². The molecule has 0 unspecified atom stereocenters. The SMILES string of the molecule is O=Cc1ccc(-n2cccn2)cc1C(F)(F)F. The van der Waals surface area contributed by atoms with Gasteiger partial charge < -0.3 is 0 Å². The van der Waals surface area contributed by atoms with E-state index in [1.54, 1.807) is 6.07 Å². The van der Waals surface area contributed by atoms with Gasteiger partial charge in [0.15, 0.2) is 6.29 Å². The van der Waals surface area contributed by atoms with E-state index >= 15 is 0 Å². The Hall–Kier alpha value is -2.11. The fourth-order valence-corrected chi connectivity index (χ4v) is 1.46. The van der Waals surface area contributed by atoms with Gasteiger partial charge >= 0.3 is 6.18 Å². The molecule has 0 bridgehead atoms. The molecular weight excluding hydrogens is 233 g/mol. The predicted octanol–water partition coefficient (Wildman–Crippen LogP) is 2.70. The van der Waals surface area contributed by atoms with E-state index in [0.717, 1.165) is 12.1 Å². The lowest BCUT2D eigenvalue weighted by Crippen LogP contribution is -2.10. The summed E-state index contributed by atoms with van der Waals surface area (Å²) >= 11 is 0. The molecule has 0 saturated heterocycles. The van der Waals surface area contributed by atoms with Crippen LogP contribution in [0.5, 0.6) is 0 Å². The van der Waals surface area contributed by atoms with Crippen LogP contribution < -0.4 is 0 Å². The van der Waals surface area contributed by atoms with Crippen molar-refractivity contribution >= 4 is 6.29 Å². The van der Waals surface area contributed by atoms with Crippen LogP contribution in [0.4, 0.5) is 13.2 Å². The minimum absolute atomic E-state index is 0.190. The molecule has 1 heterocycles. The van der Waals surface area contributed by atoms with Crippen molar-refractivity contribution < 1.29 is 18.0 Å². The summed E-state index contributed by atoms with van der Waals surface area (Å²) in [7, 11) is 0. The molecule has 0 fully saturated rings. The van der Waals surface area contributed by atoms with E-state index in [4.69, 9.17) is 0 Å². The summed E-state index contributed by atoms with van der Waals surface area (Å²) in [5.74, 6) is 0. The molecule has 0 radical (unpaired) electrons. The fraction of sp³-hybridized carbons (Fsp3) is 0.0909. The maximum Gasteiger partial charge on any atom is 0.417 e. The number of hydrogen-bond acceptors (Lipinski definition) is 2. The van der Waals surface area contributed by atoms with E-state index in [1.807, 2.05) is 0 Å². The van der Waals surface area contributed by atoms with Gasteiger partial charge in [-0.15, -0.1) is 0 Å². The first kappa shape index (κ1) is 11.4. The second-order valence-electron chi connectivity index (χ2n) is 3.34. The molecule has 2 rings (SSSR count). The molecule has 0 atom stereocenters. The van der Waals surface area contributed by atoms with Crippen LogP contribution in [0.25, 0.3) is 5.69 Å². The highest BCUT2D eigenvalue weighted by Crippen LogP contribution is 2.32. The van der Waals surface area contributed by atoms with Gasteiger partial charge in [0.25, 0.3) is 0 Å². The molecule has 6 heteroatoms. The number of carbonyl (C=O) groups excluding carboxylic acids is 1. The van der Waals surface area contributed by atoms with Crippen LogP contribution in [0.3, 0.4) is 0 Å². The van der Waals surface area contributed by atoms with Crippen LogP contribution in [0.2, 0.25) is 0 Å². The van der Waals surface area contributed by atoms with Crippen LogP contribution in [-0.4, -0.2) is 16.1 Å². The lowest BCUT2D eigenvalue weighted by molar-refractivity contribution is -0.137. The molecule has 3 nitrogen and oxygen atoms in total. The molecule has 0 saturated carbocycles. The Kier molecular flexibility index (Phi) is 2.71. The number of benzene rings is 1. The van der Waals surface area contributed by atoms with Crippen molar-refractivity contribution in [1.29, 1.82) is 0 Å². The van der Waals surface area contributed by atoms with Crippen LogP contribution in [0.15, 0.2) is 36.7 Å². The molecule has 2 aromatic rings. The number of alkyl halides is 3. The van der Waals surface area contributed by atoms with Crippen LogP contribution >= 0.6 is 0 Å². The lowest BCUT2D eigenvalue weighted by atomic mass is 10.1. The topological polar surface area (TPSA) is 34.9 Å². The number of carbonyl (C=O) groups is 1. The van der Waals surface area contributed by atoms with Gasteiger partial charge in [-0.1, -0.05) is 0 Å². The van der Waals surface area contributed by atoms with Gasteiger partial charge in [-0.05, 0) is 24.3 Å². The van der Waals surface area contributed by atoms with Crippen LogP contribution in [-0.2, 0) is 6.18 Å². The Morgan fingerprint density at radius 1 is 1.29 bits per heavy atom. The maximum atomic E-state index is 12.7. The molecule has 1 aromatic heterocycles. The van der Waals surface area contributed by atoms with E-state index in [-0.39, 0.29) is 17.5 Å². The zero-order valence-electron chi connectivity index (χ0n) is 8.48. The zero-order chi connectivity index (χ0) is 12.5. The van der Waals surface area contributed by atoms with Crippen LogP contribution in [0, 0.1) is 0 Å². The highest BCUT2D eigenvalue weighted by molar-refractivity contribution is 5.78. The summed E-state index contributed by atoms with van der Waals surface area (Å²) in [5, 5.41) is 3.83. The second-order valence-corrected chi connectivity index (χ2v) is 3.34. The van der Waals surface area contributed by atoms with Crippen molar-refractivity contribution in [3.8, 4) is 5.69 Å². The van der Waals surface area contributed by atoms with Crippen molar-refractivity contribution in [2.45, 2.75) is 6.18 Å². The second kappa shape index (κ2) is 4.04. The molecule has 17 heavy (non-hydrogen) atoms. The third-order valence-corrected chi connectivity index (χ3v) is 2.24. The van der Waals surface area contributed by atoms with E-state index in [0.29, 0.717) is 0 Å². The third kappa shape index (κ3) is 2.20. The summed E-state index contributed by atoms with van der Waals surface area (Å²) in [5.41, 5.74) is -1.08. The Morgan fingerprint density at radius 2 is 2.06 bits per heavy atom. The van der Waals surface area contributed by atoms with E-state index in [1.165, 1.54) is 23.1 Å². The summed E-state index contributed by atoms with van der Waals surface area (Å²) in [6.07, 6.45) is -1.38. The maximum absolute atomic E-state index is 12.7. The van der Waals surface area contributed by atoms with Gasteiger partial charge in [0, 0.05) is 18.0 Å². The minimum Gasteiger partial charge on any atom is -0.298 e. The number of halogens is 3. The summed E-state index contributed by atoms with van der Waals surface area (Å²) in [6.45, 7) is 0. The Labute approximate surface area is 94.5 Å². The Bertz CT molecular complexity index is 532. The number of aldehydes is 1. The van der Waals surface area contributed by atoms with Gasteiger partial charge in [0.1, 0.15) is 0 Å². The molecule has 0 aliphatic rings.